The predicted molar refractivity (Wildman–Crippen MR) is 77.5 cm³/mol. The Labute approximate surface area is 127 Å². The fraction of sp³-hybridized carbons (Fsp3) is 0.400. The number of nitrogens with one attached hydrogen (secondary N) is 1. The Morgan fingerprint density at radius 3 is 2.18 bits per heavy atom. The monoisotopic (exact) mass is 306 g/mol. The molecule has 0 unspecified atom stereocenters. The van der Waals surface area contributed by atoms with E-state index in [0.29, 0.717) is 31.6 Å². The minimum atomic E-state index is -1.05. The van der Waals surface area contributed by atoms with Crippen LogP contribution < -0.4 is 11.1 Å². The van der Waals surface area contributed by atoms with Crippen molar-refractivity contribution >= 4 is 17.8 Å². The summed E-state index contributed by atoms with van der Waals surface area (Å²) in [7, 11) is 0. The number of amides is 2. The van der Waals surface area contributed by atoms with Gasteiger partial charge in [-0.25, -0.2) is 4.79 Å². The molecule has 0 spiro atoms. The molecule has 1 heterocycles. The van der Waals surface area contributed by atoms with Gasteiger partial charge in [0.25, 0.3) is 5.91 Å². The molecule has 1 saturated heterocycles. The van der Waals surface area contributed by atoms with Crippen molar-refractivity contribution < 1.29 is 24.2 Å². The van der Waals surface area contributed by atoms with Crippen LogP contribution in [0.15, 0.2) is 24.3 Å². The molecule has 0 aromatic heterocycles. The first-order chi connectivity index (χ1) is 10.4. The van der Waals surface area contributed by atoms with Crippen molar-refractivity contribution in [3.63, 3.8) is 0 Å². The summed E-state index contributed by atoms with van der Waals surface area (Å²) in [5, 5.41) is 11.7. The molecule has 22 heavy (non-hydrogen) atoms. The second-order valence-electron chi connectivity index (χ2n) is 5.37. The van der Waals surface area contributed by atoms with Crippen molar-refractivity contribution in [3.8, 4) is 0 Å². The van der Waals surface area contributed by atoms with Gasteiger partial charge < -0.3 is 20.9 Å². The van der Waals surface area contributed by atoms with Crippen molar-refractivity contribution in [2.24, 2.45) is 5.73 Å². The molecule has 1 aromatic carbocycles. The molecule has 1 aliphatic heterocycles. The summed E-state index contributed by atoms with van der Waals surface area (Å²) in [5.74, 6) is -1.90. The predicted octanol–water partition coefficient (Wildman–Crippen LogP) is 0.539. The molecule has 0 aliphatic carbocycles. The molecule has 118 valence electrons. The van der Waals surface area contributed by atoms with Gasteiger partial charge in [0.2, 0.25) is 5.91 Å². The third-order valence-corrected chi connectivity index (χ3v) is 3.74. The van der Waals surface area contributed by atoms with Crippen LogP contribution in [0.4, 0.5) is 0 Å². The molecule has 7 nitrogen and oxygen atoms in total. The van der Waals surface area contributed by atoms with E-state index in [1.54, 1.807) is 0 Å². The van der Waals surface area contributed by atoms with Gasteiger partial charge in [0, 0.05) is 25.2 Å². The first-order valence-corrected chi connectivity index (χ1v) is 6.94. The Balaban J connectivity index is 2.13. The maximum Gasteiger partial charge on any atom is 0.335 e. The van der Waals surface area contributed by atoms with Crippen molar-refractivity contribution in [3.05, 3.63) is 35.4 Å². The van der Waals surface area contributed by atoms with E-state index in [1.165, 1.54) is 24.3 Å². The molecule has 0 radical (unpaired) electrons. The SMILES string of the molecule is NC(=O)CC1(NC(=O)c2ccc(C(=O)O)cc2)CCOCC1. The number of aromatic carboxylic acids is 1. The summed E-state index contributed by atoms with van der Waals surface area (Å²) >= 11 is 0. The van der Waals surface area contributed by atoms with Gasteiger partial charge in [-0.2, -0.15) is 0 Å². The zero-order valence-corrected chi connectivity index (χ0v) is 12.0. The average Bonchev–Trinajstić information content (AvgIpc) is 2.47. The molecule has 1 aliphatic rings. The fourth-order valence-electron chi connectivity index (χ4n) is 2.52. The van der Waals surface area contributed by atoms with Crippen molar-refractivity contribution in [2.75, 3.05) is 13.2 Å². The first-order valence-electron chi connectivity index (χ1n) is 6.94. The Morgan fingerprint density at radius 2 is 1.68 bits per heavy atom. The smallest absolute Gasteiger partial charge is 0.335 e. The van der Waals surface area contributed by atoms with Gasteiger partial charge in [-0.05, 0) is 37.1 Å². The summed E-state index contributed by atoms with van der Waals surface area (Å²) in [6.07, 6.45) is 1.07. The summed E-state index contributed by atoms with van der Waals surface area (Å²) in [6, 6.07) is 5.61. The van der Waals surface area contributed by atoms with Gasteiger partial charge in [-0.1, -0.05) is 0 Å². The van der Waals surface area contributed by atoms with Crippen LogP contribution in [-0.4, -0.2) is 41.6 Å². The highest BCUT2D eigenvalue weighted by molar-refractivity contribution is 5.96. The van der Waals surface area contributed by atoms with E-state index in [2.05, 4.69) is 5.32 Å². The number of carbonyl (C=O) groups is 3. The number of rotatable bonds is 5. The number of carboxylic acid groups (broad SMARTS) is 1. The third kappa shape index (κ3) is 3.82. The van der Waals surface area contributed by atoms with Gasteiger partial charge in [0.1, 0.15) is 0 Å². The second-order valence-corrected chi connectivity index (χ2v) is 5.37. The van der Waals surface area contributed by atoms with Gasteiger partial charge in [0.05, 0.1) is 11.1 Å². The number of carbonyl (C=O) groups excluding carboxylic acids is 2. The topological polar surface area (TPSA) is 119 Å². The summed E-state index contributed by atoms with van der Waals surface area (Å²) < 4.78 is 5.27. The highest BCUT2D eigenvalue weighted by Crippen LogP contribution is 2.25. The maximum atomic E-state index is 12.3. The second kappa shape index (κ2) is 6.57. The van der Waals surface area contributed by atoms with E-state index in [4.69, 9.17) is 15.6 Å². The van der Waals surface area contributed by atoms with E-state index >= 15 is 0 Å². The van der Waals surface area contributed by atoms with E-state index in [-0.39, 0.29) is 17.9 Å². The number of carboxylic acids is 1. The maximum absolute atomic E-state index is 12.3. The van der Waals surface area contributed by atoms with Crippen molar-refractivity contribution in [1.82, 2.24) is 5.32 Å². The lowest BCUT2D eigenvalue weighted by atomic mass is 9.86. The number of hydrogen-bond acceptors (Lipinski definition) is 4. The lowest BCUT2D eigenvalue weighted by Gasteiger charge is -2.37. The number of primary amides is 1. The number of ether oxygens (including phenoxy) is 1. The lowest BCUT2D eigenvalue weighted by molar-refractivity contribution is -0.120. The Morgan fingerprint density at radius 1 is 1.14 bits per heavy atom. The summed E-state index contributed by atoms with van der Waals surface area (Å²) in [5.41, 5.74) is 5.02. The molecule has 1 fully saturated rings. The van der Waals surface area contributed by atoms with E-state index in [0.717, 1.165) is 0 Å². The molecular formula is C15H18N2O5. The highest BCUT2D eigenvalue weighted by atomic mass is 16.5. The van der Waals surface area contributed by atoms with Crippen LogP contribution >= 0.6 is 0 Å². The van der Waals surface area contributed by atoms with E-state index in [9.17, 15) is 14.4 Å². The van der Waals surface area contributed by atoms with Crippen LogP contribution in [0, 0.1) is 0 Å². The molecule has 1 aromatic rings. The zero-order chi connectivity index (χ0) is 16.2. The van der Waals surface area contributed by atoms with Crippen LogP contribution in [0.25, 0.3) is 0 Å². The first kappa shape index (κ1) is 16.0. The van der Waals surface area contributed by atoms with Crippen molar-refractivity contribution in [2.45, 2.75) is 24.8 Å². The quantitative estimate of drug-likeness (QED) is 0.733. The molecule has 7 heteroatoms. The van der Waals surface area contributed by atoms with Crippen LogP contribution in [0.5, 0.6) is 0 Å². The van der Waals surface area contributed by atoms with Crippen LogP contribution in [0.3, 0.4) is 0 Å². The van der Waals surface area contributed by atoms with Crippen LogP contribution in [0.2, 0.25) is 0 Å². The fourth-order valence-corrected chi connectivity index (χ4v) is 2.52. The third-order valence-electron chi connectivity index (χ3n) is 3.74. The normalized spacial score (nSPS) is 16.7. The number of hydrogen-bond donors (Lipinski definition) is 3. The van der Waals surface area contributed by atoms with Gasteiger partial charge in [0.15, 0.2) is 0 Å². The average molecular weight is 306 g/mol. The van der Waals surface area contributed by atoms with Gasteiger partial charge in [-0.15, -0.1) is 0 Å². The van der Waals surface area contributed by atoms with E-state index in [1.807, 2.05) is 0 Å². The molecule has 0 bridgehead atoms. The van der Waals surface area contributed by atoms with Gasteiger partial charge >= 0.3 is 5.97 Å². The standard InChI is InChI=1S/C15H18N2O5/c16-12(18)9-15(5-7-22-8-6-15)17-13(19)10-1-3-11(4-2-10)14(20)21/h1-4H,5-9H2,(H2,16,18)(H,17,19)(H,20,21). The summed E-state index contributed by atoms with van der Waals surface area (Å²) in [6.45, 7) is 0.900. The number of benzene rings is 1. The molecular weight excluding hydrogens is 288 g/mol. The molecule has 2 amide bonds. The van der Waals surface area contributed by atoms with Crippen LogP contribution in [-0.2, 0) is 9.53 Å². The molecule has 2 rings (SSSR count). The van der Waals surface area contributed by atoms with E-state index < -0.39 is 17.4 Å². The Kier molecular flexibility index (Phi) is 4.77. The lowest BCUT2D eigenvalue weighted by Crippen LogP contribution is -2.54. The minimum absolute atomic E-state index is 0.0509. The largest absolute Gasteiger partial charge is 0.478 e. The minimum Gasteiger partial charge on any atom is -0.478 e. The molecule has 4 N–H and O–H groups in total. The molecule has 0 saturated carbocycles. The Bertz CT molecular complexity index is 576. The summed E-state index contributed by atoms with van der Waals surface area (Å²) in [4.78, 5) is 34.4. The zero-order valence-electron chi connectivity index (χ0n) is 12.0. The van der Waals surface area contributed by atoms with Crippen molar-refractivity contribution in [1.29, 1.82) is 0 Å². The Hall–Kier alpha value is -2.41. The van der Waals surface area contributed by atoms with Gasteiger partial charge in [-0.3, -0.25) is 9.59 Å². The number of nitrogens with two attached hydrogens (primary N) is 1. The highest BCUT2D eigenvalue weighted by Gasteiger charge is 2.36. The van der Waals surface area contributed by atoms with Crippen LogP contribution in [0.1, 0.15) is 40.0 Å². The molecule has 0 atom stereocenters.